The number of rotatable bonds is 6. The second-order valence-corrected chi connectivity index (χ2v) is 11.7. The highest BCUT2D eigenvalue weighted by Gasteiger charge is 2.72. The average molecular weight is 513 g/mol. The molecule has 3 saturated heterocycles. The first kappa shape index (κ1) is 23.3. The summed E-state index contributed by atoms with van der Waals surface area (Å²) in [6.45, 7) is 8.73. The third-order valence-electron chi connectivity index (χ3n) is 9.05. The number of hydrogen-bond acceptors (Lipinski definition) is 7. The molecule has 4 aromatic rings. The van der Waals surface area contributed by atoms with E-state index in [0.29, 0.717) is 25.2 Å². The van der Waals surface area contributed by atoms with Crippen LogP contribution in [0.3, 0.4) is 0 Å². The molecule has 1 amide bonds. The number of ether oxygens (including phenoxy) is 1. The van der Waals surface area contributed by atoms with Crippen molar-refractivity contribution in [3.63, 3.8) is 0 Å². The minimum absolute atomic E-state index is 0.0982. The van der Waals surface area contributed by atoms with Gasteiger partial charge < -0.3 is 15.4 Å². The molecule has 6 heterocycles. The maximum absolute atomic E-state index is 12.7. The van der Waals surface area contributed by atoms with Crippen LogP contribution in [0.1, 0.15) is 55.1 Å². The van der Waals surface area contributed by atoms with Gasteiger partial charge in [0.2, 0.25) is 5.91 Å². The topological polar surface area (TPSA) is 116 Å². The predicted octanol–water partition coefficient (Wildman–Crippen LogP) is 2.88. The van der Waals surface area contributed by atoms with Gasteiger partial charge in [0.25, 0.3) is 0 Å². The zero-order chi connectivity index (χ0) is 26.3. The quantitative estimate of drug-likeness (QED) is 0.422. The van der Waals surface area contributed by atoms with Crippen LogP contribution in [0.5, 0.6) is 0 Å². The van der Waals surface area contributed by atoms with Crippen molar-refractivity contribution in [2.24, 2.45) is 11.1 Å². The third-order valence-corrected chi connectivity index (χ3v) is 9.05. The maximum atomic E-state index is 12.7. The Labute approximate surface area is 220 Å². The molecule has 3 aromatic heterocycles. The first-order chi connectivity index (χ1) is 18.2. The molecular formula is C28H32N8O2. The highest BCUT2D eigenvalue weighted by atomic mass is 16.5. The Kier molecular flexibility index (Phi) is 4.83. The number of pyridine rings is 1. The lowest BCUT2D eigenvalue weighted by atomic mass is 9.59. The van der Waals surface area contributed by atoms with Gasteiger partial charge in [-0.3, -0.25) is 4.79 Å². The fourth-order valence-corrected chi connectivity index (χ4v) is 6.92. The van der Waals surface area contributed by atoms with Crippen LogP contribution in [0.25, 0.3) is 5.65 Å². The lowest BCUT2D eigenvalue weighted by Gasteiger charge is -2.42. The van der Waals surface area contributed by atoms with E-state index >= 15 is 0 Å². The maximum Gasteiger partial charge on any atom is 0.226 e. The molecule has 1 aromatic carbocycles. The number of hydrogen-bond donors (Lipinski definition) is 1. The molecule has 4 aliphatic rings. The van der Waals surface area contributed by atoms with Gasteiger partial charge in [-0.2, -0.15) is 5.10 Å². The Morgan fingerprint density at radius 3 is 2.71 bits per heavy atom. The number of aryl methyl sites for hydroxylation is 2. The average Bonchev–Trinajstić information content (AvgIpc) is 3.68. The molecule has 10 heteroatoms. The normalized spacial score (nSPS) is 30.2. The first-order valence-corrected chi connectivity index (χ1v) is 13.2. The number of benzene rings is 1. The highest BCUT2D eigenvalue weighted by molar-refractivity contribution is 5.84. The molecule has 196 valence electrons. The van der Waals surface area contributed by atoms with Gasteiger partial charge in [-0.15, -0.1) is 5.10 Å². The fraction of sp³-hybridized carbons (Fsp3) is 0.464. The SMILES string of the molecule is Cc1cc(N2CC[C@](C)(c3ccccc3)C2)cn2nc(C3OC4(Cn5ncnc5C)CC3(C(N)=O)C4)nc12. The lowest BCUT2D eigenvalue weighted by molar-refractivity contribution is -0.133. The lowest BCUT2D eigenvalue weighted by Crippen LogP contribution is -2.53. The van der Waals surface area contributed by atoms with Gasteiger partial charge in [0.15, 0.2) is 11.5 Å². The molecule has 0 radical (unpaired) electrons. The summed E-state index contributed by atoms with van der Waals surface area (Å²) in [6.07, 6.45) is 5.14. The van der Waals surface area contributed by atoms with Crippen LogP contribution in [-0.2, 0) is 21.5 Å². The van der Waals surface area contributed by atoms with Crippen molar-refractivity contribution in [2.75, 3.05) is 18.0 Å². The zero-order valence-corrected chi connectivity index (χ0v) is 22.0. The van der Waals surface area contributed by atoms with Crippen molar-refractivity contribution in [2.45, 2.75) is 63.7 Å². The Bertz CT molecular complexity index is 1550. The van der Waals surface area contributed by atoms with Crippen LogP contribution >= 0.6 is 0 Å². The van der Waals surface area contributed by atoms with Crippen LogP contribution in [0.4, 0.5) is 5.69 Å². The monoisotopic (exact) mass is 512 g/mol. The van der Waals surface area contributed by atoms with E-state index in [0.717, 1.165) is 42.2 Å². The molecule has 8 rings (SSSR count). The van der Waals surface area contributed by atoms with E-state index in [1.54, 1.807) is 0 Å². The van der Waals surface area contributed by atoms with E-state index in [2.05, 4.69) is 65.2 Å². The van der Waals surface area contributed by atoms with Crippen molar-refractivity contribution in [3.8, 4) is 0 Å². The number of carbonyl (C=O) groups excluding carboxylic acids is 1. The number of anilines is 1. The number of fused-ring (bicyclic) bond motifs is 2. The summed E-state index contributed by atoms with van der Waals surface area (Å²) in [4.78, 5) is 24.2. The molecule has 2 N–H and O–H groups in total. The summed E-state index contributed by atoms with van der Waals surface area (Å²) in [6, 6.07) is 12.9. The summed E-state index contributed by atoms with van der Waals surface area (Å²) >= 11 is 0. The molecule has 1 aliphatic carbocycles. The summed E-state index contributed by atoms with van der Waals surface area (Å²) in [5.74, 6) is 0.955. The van der Waals surface area contributed by atoms with Crippen LogP contribution in [0.2, 0.25) is 0 Å². The van der Waals surface area contributed by atoms with Crippen molar-refractivity contribution in [1.82, 2.24) is 29.4 Å². The Morgan fingerprint density at radius 2 is 2.00 bits per heavy atom. The van der Waals surface area contributed by atoms with Gasteiger partial charge in [-0.05, 0) is 50.3 Å². The molecule has 38 heavy (non-hydrogen) atoms. The number of aromatic nitrogens is 6. The van der Waals surface area contributed by atoms with Crippen molar-refractivity contribution in [3.05, 3.63) is 71.7 Å². The van der Waals surface area contributed by atoms with Gasteiger partial charge in [0.05, 0.1) is 29.4 Å². The molecule has 0 spiro atoms. The molecule has 4 fully saturated rings. The minimum atomic E-state index is -0.803. The molecule has 1 saturated carbocycles. The Hall–Kier alpha value is -3.79. The molecule has 1 unspecified atom stereocenters. The first-order valence-electron chi connectivity index (χ1n) is 13.2. The highest BCUT2D eigenvalue weighted by Crippen LogP contribution is 2.67. The van der Waals surface area contributed by atoms with E-state index in [1.807, 2.05) is 22.3 Å². The van der Waals surface area contributed by atoms with E-state index in [1.165, 1.54) is 11.9 Å². The molecular weight excluding hydrogens is 480 g/mol. The van der Waals surface area contributed by atoms with Gasteiger partial charge in [0.1, 0.15) is 18.3 Å². The molecule has 2 bridgehead atoms. The van der Waals surface area contributed by atoms with Crippen LogP contribution in [0, 0.1) is 19.3 Å². The van der Waals surface area contributed by atoms with Gasteiger partial charge in [0, 0.05) is 18.5 Å². The van der Waals surface area contributed by atoms with Gasteiger partial charge in [-0.1, -0.05) is 37.3 Å². The second-order valence-electron chi connectivity index (χ2n) is 11.7. The van der Waals surface area contributed by atoms with Gasteiger partial charge >= 0.3 is 0 Å². The molecule has 10 nitrogen and oxygen atoms in total. The summed E-state index contributed by atoms with van der Waals surface area (Å²) < 4.78 is 10.2. The number of primary amides is 1. The van der Waals surface area contributed by atoms with Crippen molar-refractivity contribution < 1.29 is 9.53 Å². The second kappa shape index (κ2) is 7.86. The molecule has 2 atom stereocenters. The number of amides is 1. The standard InChI is InChI=1S/C28H32N8O2/c1-18-11-21(34-10-9-26(3,15-34)20-7-5-4-6-8-20)12-35-24(18)32-23(33-35)22-28(25(29)37)13-27(14-28,38-22)16-36-19(2)30-17-31-36/h4-8,11-12,17,22H,9-10,13-16H2,1-3H3,(H2,29,37)/t22?,26-,27?,28?/m0/s1. The van der Waals surface area contributed by atoms with Crippen LogP contribution in [-0.4, -0.2) is 54.0 Å². The van der Waals surface area contributed by atoms with Crippen molar-refractivity contribution in [1.29, 1.82) is 0 Å². The summed E-state index contributed by atoms with van der Waals surface area (Å²) in [5.41, 5.74) is 8.99. The largest absolute Gasteiger partial charge is 0.369 e. The zero-order valence-electron chi connectivity index (χ0n) is 22.0. The number of carbonyl (C=O) groups is 1. The minimum Gasteiger partial charge on any atom is -0.369 e. The van der Waals surface area contributed by atoms with Crippen LogP contribution < -0.4 is 10.6 Å². The smallest absolute Gasteiger partial charge is 0.226 e. The third kappa shape index (κ3) is 3.32. The summed E-state index contributed by atoms with van der Waals surface area (Å²) in [7, 11) is 0. The number of nitrogens with two attached hydrogens (primary N) is 1. The Balaban J connectivity index is 1.18. The number of nitrogens with zero attached hydrogens (tertiary/aromatic N) is 7. The van der Waals surface area contributed by atoms with Gasteiger partial charge in [-0.25, -0.2) is 19.2 Å². The molecule has 3 aliphatic heterocycles. The van der Waals surface area contributed by atoms with Crippen molar-refractivity contribution >= 4 is 17.2 Å². The predicted molar refractivity (Wildman–Crippen MR) is 141 cm³/mol. The van der Waals surface area contributed by atoms with E-state index in [-0.39, 0.29) is 11.3 Å². The van der Waals surface area contributed by atoms with E-state index in [4.69, 9.17) is 20.6 Å². The van der Waals surface area contributed by atoms with E-state index < -0.39 is 17.1 Å². The fourth-order valence-electron chi connectivity index (χ4n) is 6.92. The summed E-state index contributed by atoms with van der Waals surface area (Å²) in [5, 5.41) is 9.15. The van der Waals surface area contributed by atoms with E-state index in [9.17, 15) is 4.79 Å². The Morgan fingerprint density at radius 1 is 1.21 bits per heavy atom. The van der Waals surface area contributed by atoms with Crippen LogP contribution in [0.15, 0.2) is 48.9 Å².